The van der Waals surface area contributed by atoms with Gasteiger partial charge in [-0.25, -0.2) is 9.97 Å². The van der Waals surface area contributed by atoms with Crippen LogP contribution in [0, 0.1) is 0 Å². The van der Waals surface area contributed by atoms with Gasteiger partial charge in [0.1, 0.15) is 11.3 Å². The molecule has 2 aromatic heterocycles. The number of halogens is 2. The van der Waals surface area contributed by atoms with Crippen molar-refractivity contribution in [3.05, 3.63) is 23.1 Å². The number of pyridine rings is 1. The number of hydrogen-bond donors (Lipinski definition) is 0. The number of alkyl halides is 1. The Morgan fingerprint density at radius 1 is 1.33 bits per heavy atom. The first kappa shape index (κ1) is 16.5. The number of fused-ring (bicyclic) bond motifs is 1. The highest BCUT2D eigenvalue weighted by Gasteiger charge is 2.11. The lowest BCUT2D eigenvalue weighted by Crippen LogP contribution is -2.19. The Labute approximate surface area is 134 Å². The second kappa shape index (κ2) is 7.94. The van der Waals surface area contributed by atoms with Crippen molar-refractivity contribution in [2.24, 2.45) is 0 Å². The average Bonchev–Trinajstić information content (AvgIpc) is 2.75. The normalized spacial score (nSPS) is 11.7. The summed E-state index contributed by atoms with van der Waals surface area (Å²) in [4.78, 5) is 11.0. The van der Waals surface area contributed by atoms with Gasteiger partial charge in [-0.15, -0.1) is 11.6 Å². The Bertz CT molecular complexity index is 586. The monoisotopic (exact) mass is 330 g/mol. The molecule has 2 heterocycles. The molecule has 0 N–H and O–H groups in total. The SMILES string of the molecule is CN(C)CCOCCn1c(CCCl)nc2cc(Cl)cnc21. The summed E-state index contributed by atoms with van der Waals surface area (Å²) in [6.45, 7) is 2.96. The van der Waals surface area contributed by atoms with E-state index in [1.807, 2.05) is 20.2 Å². The number of hydrogen-bond acceptors (Lipinski definition) is 4. The van der Waals surface area contributed by atoms with E-state index in [0.717, 1.165) is 23.5 Å². The van der Waals surface area contributed by atoms with E-state index in [4.69, 9.17) is 27.9 Å². The van der Waals surface area contributed by atoms with E-state index < -0.39 is 0 Å². The van der Waals surface area contributed by atoms with Crippen molar-refractivity contribution in [2.45, 2.75) is 13.0 Å². The fourth-order valence-corrected chi connectivity index (χ4v) is 2.37. The second-order valence-electron chi connectivity index (χ2n) is 5.03. The summed E-state index contributed by atoms with van der Waals surface area (Å²) < 4.78 is 7.71. The van der Waals surface area contributed by atoms with Crippen molar-refractivity contribution in [1.82, 2.24) is 19.4 Å². The summed E-state index contributed by atoms with van der Waals surface area (Å²) in [7, 11) is 4.05. The van der Waals surface area contributed by atoms with Crippen LogP contribution in [0.3, 0.4) is 0 Å². The topological polar surface area (TPSA) is 43.2 Å². The molecule has 0 aromatic carbocycles. The summed E-state index contributed by atoms with van der Waals surface area (Å²) in [5, 5.41) is 0.590. The van der Waals surface area contributed by atoms with E-state index in [1.165, 1.54) is 0 Å². The maximum Gasteiger partial charge on any atom is 0.160 e. The lowest BCUT2D eigenvalue weighted by molar-refractivity contribution is 0.111. The van der Waals surface area contributed by atoms with Gasteiger partial charge >= 0.3 is 0 Å². The molecule has 0 bridgehead atoms. The minimum atomic E-state index is 0.526. The van der Waals surface area contributed by atoms with E-state index in [0.29, 0.717) is 37.1 Å². The fourth-order valence-electron chi connectivity index (χ4n) is 2.05. The first-order valence-electron chi connectivity index (χ1n) is 6.91. The molecule has 0 fully saturated rings. The van der Waals surface area contributed by atoms with Gasteiger partial charge in [-0.3, -0.25) is 0 Å². The molecule has 0 atom stereocenters. The van der Waals surface area contributed by atoms with E-state index in [1.54, 1.807) is 6.20 Å². The van der Waals surface area contributed by atoms with Gasteiger partial charge in [-0.1, -0.05) is 11.6 Å². The van der Waals surface area contributed by atoms with Crippen LogP contribution in [0.4, 0.5) is 0 Å². The molecule has 0 saturated heterocycles. The zero-order valence-electron chi connectivity index (χ0n) is 12.4. The highest BCUT2D eigenvalue weighted by Crippen LogP contribution is 2.18. The quantitative estimate of drug-likeness (QED) is 0.550. The number of aromatic nitrogens is 3. The maximum absolute atomic E-state index is 5.97. The molecule has 5 nitrogen and oxygen atoms in total. The standard InChI is InChI=1S/C14H20Cl2N4O/c1-19(2)5-7-21-8-6-20-13(3-4-15)18-12-9-11(16)10-17-14(12)20/h9-10H,3-8H2,1-2H3. The Morgan fingerprint density at radius 3 is 2.86 bits per heavy atom. The maximum atomic E-state index is 5.97. The Hall–Kier alpha value is -0.880. The fraction of sp³-hybridized carbons (Fsp3) is 0.571. The molecule has 0 aliphatic rings. The van der Waals surface area contributed by atoms with Crippen LogP contribution in [0.5, 0.6) is 0 Å². The van der Waals surface area contributed by atoms with Gasteiger partial charge in [0, 0.05) is 31.6 Å². The number of nitrogens with zero attached hydrogens (tertiary/aromatic N) is 4. The number of aryl methyl sites for hydroxylation is 1. The average molecular weight is 331 g/mol. The lowest BCUT2D eigenvalue weighted by Gasteiger charge is -2.11. The number of likely N-dealkylation sites (N-methyl/N-ethyl adjacent to an activating group) is 1. The van der Waals surface area contributed by atoms with Gasteiger partial charge in [0.2, 0.25) is 0 Å². The van der Waals surface area contributed by atoms with Crippen LogP contribution in [0.15, 0.2) is 12.3 Å². The molecule has 0 aliphatic carbocycles. The molecule has 0 aliphatic heterocycles. The van der Waals surface area contributed by atoms with E-state index >= 15 is 0 Å². The number of imidazole rings is 1. The van der Waals surface area contributed by atoms with Gasteiger partial charge in [0.25, 0.3) is 0 Å². The minimum absolute atomic E-state index is 0.526. The van der Waals surface area contributed by atoms with E-state index in [9.17, 15) is 0 Å². The Morgan fingerprint density at radius 2 is 2.14 bits per heavy atom. The zero-order chi connectivity index (χ0) is 15.2. The summed E-state index contributed by atoms with van der Waals surface area (Å²) >= 11 is 11.8. The summed E-state index contributed by atoms with van der Waals surface area (Å²) in [5.41, 5.74) is 1.63. The molecule has 0 spiro atoms. The highest BCUT2D eigenvalue weighted by molar-refractivity contribution is 6.31. The Balaban J connectivity index is 2.07. The van der Waals surface area contributed by atoms with Crippen LogP contribution < -0.4 is 0 Å². The minimum Gasteiger partial charge on any atom is -0.378 e. The highest BCUT2D eigenvalue weighted by atomic mass is 35.5. The lowest BCUT2D eigenvalue weighted by atomic mass is 10.4. The molecule has 2 aromatic rings. The largest absolute Gasteiger partial charge is 0.378 e. The van der Waals surface area contributed by atoms with Gasteiger partial charge in [-0.05, 0) is 20.2 Å². The van der Waals surface area contributed by atoms with Crippen LogP contribution in [0.2, 0.25) is 5.02 Å². The molecular weight excluding hydrogens is 311 g/mol. The van der Waals surface area contributed by atoms with Crippen molar-refractivity contribution in [1.29, 1.82) is 0 Å². The first-order chi connectivity index (χ1) is 10.1. The summed E-state index contributed by atoms with van der Waals surface area (Å²) in [6, 6.07) is 1.82. The van der Waals surface area contributed by atoms with Gasteiger partial charge in [0.05, 0.1) is 18.2 Å². The van der Waals surface area contributed by atoms with Gasteiger partial charge < -0.3 is 14.2 Å². The van der Waals surface area contributed by atoms with E-state index in [2.05, 4.69) is 19.4 Å². The second-order valence-corrected chi connectivity index (χ2v) is 5.84. The van der Waals surface area contributed by atoms with Crippen LogP contribution in [-0.2, 0) is 17.7 Å². The molecule has 0 radical (unpaired) electrons. The molecule has 116 valence electrons. The van der Waals surface area contributed by atoms with Crippen molar-refractivity contribution in [3.63, 3.8) is 0 Å². The predicted molar refractivity (Wildman–Crippen MR) is 86.3 cm³/mol. The summed E-state index contributed by atoms with van der Waals surface area (Å²) in [5.74, 6) is 1.45. The number of ether oxygens (including phenoxy) is 1. The molecule has 2 rings (SSSR count). The Kier molecular flexibility index (Phi) is 6.23. The van der Waals surface area contributed by atoms with Crippen molar-refractivity contribution >= 4 is 34.4 Å². The summed E-state index contributed by atoms with van der Waals surface area (Å²) in [6.07, 6.45) is 2.34. The van der Waals surface area contributed by atoms with Gasteiger partial charge in [-0.2, -0.15) is 0 Å². The smallest absolute Gasteiger partial charge is 0.160 e. The zero-order valence-corrected chi connectivity index (χ0v) is 13.9. The molecule has 7 heteroatoms. The first-order valence-corrected chi connectivity index (χ1v) is 7.82. The number of rotatable bonds is 8. The van der Waals surface area contributed by atoms with Crippen molar-refractivity contribution < 1.29 is 4.74 Å². The van der Waals surface area contributed by atoms with Crippen LogP contribution >= 0.6 is 23.2 Å². The third kappa shape index (κ3) is 4.54. The van der Waals surface area contributed by atoms with Crippen LogP contribution in [0.25, 0.3) is 11.2 Å². The van der Waals surface area contributed by atoms with Gasteiger partial charge in [0.15, 0.2) is 5.65 Å². The van der Waals surface area contributed by atoms with Crippen molar-refractivity contribution in [3.8, 4) is 0 Å². The molecule has 0 amide bonds. The van der Waals surface area contributed by atoms with Crippen molar-refractivity contribution in [2.75, 3.05) is 39.7 Å². The predicted octanol–water partition coefficient (Wildman–Crippen LogP) is 2.44. The molecule has 0 unspecified atom stereocenters. The van der Waals surface area contributed by atoms with E-state index in [-0.39, 0.29) is 0 Å². The molecular formula is C14H20Cl2N4O. The van der Waals surface area contributed by atoms with Crippen LogP contribution in [-0.4, -0.2) is 59.2 Å². The molecule has 0 saturated carbocycles. The third-order valence-corrected chi connectivity index (χ3v) is 3.49. The third-order valence-electron chi connectivity index (χ3n) is 3.09. The van der Waals surface area contributed by atoms with Crippen LogP contribution in [0.1, 0.15) is 5.82 Å². The molecule has 21 heavy (non-hydrogen) atoms.